The first-order valence-electron chi connectivity index (χ1n) is 7.80. The van der Waals surface area contributed by atoms with Crippen molar-refractivity contribution in [3.8, 4) is 0 Å². The van der Waals surface area contributed by atoms with Crippen molar-refractivity contribution in [2.45, 2.75) is 85.1 Å². The molecule has 0 heterocycles. The van der Waals surface area contributed by atoms with Gasteiger partial charge in [-0.2, -0.15) is 0 Å². The van der Waals surface area contributed by atoms with E-state index in [-0.39, 0.29) is 0 Å². The number of rotatable bonds is 11. The number of unbranched alkanes of at least 4 members (excludes halogenated alkanes) is 6. The second kappa shape index (κ2) is 11.1. The molecule has 104 valence electrons. The number of nitrogens with one attached hydrogen (secondary N) is 1. The first-order chi connectivity index (χ1) is 8.13. The summed E-state index contributed by atoms with van der Waals surface area (Å²) in [5.41, 5.74) is 0. The standard InChI is InChI=1S/C16H35N/c1-6-7-8-9-10-11-12-13-16(14(2)3)15(4)17-5/h14-17H,6-13H2,1-5H3. The van der Waals surface area contributed by atoms with Gasteiger partial charge in [0.15, 0.2) is 0 Å². The SMILES string of the molecule is CCCCCCCCCC(C(C)C)C(C)NC. The lowest BCUT2D eigenvalue weighted by atomic mass is 9.85. The van der Waals surface area contributed by atoms with Crippen molar-refractivity contribution in [3.05, 3.63) is 0 Å². The molecule has 0 radical (unpaired) electrons. The number of hydrogen-bond donors (Lipinski definition) is 1. The molecule has 0 amide bonds. The van der Waals surface area contributed by atoms with E-state index in [1.165, 1.54) is 51.4 Å². The third-order valence-corrected chi connectivity index (χ3v) is 4.09. The molecule has 17 heavy (non-hydrogen) atoms. The Morgan fingerprint density at radius 3 is 1.82 bits per heavy atom. The molecule has 0 rings (SSSR count). The van der Waals surface area contributed by atoms with Crippen molar-refractivity contribution in [2.24, 2.45) is 11.8 Å². The normalized spacial score (nSPS) is 15.2. The van der Waals surface area contributed by atoms with Crippen LogP contribution in [0.25, 0.3) is 0 Å². The highest BCUT2D eigenvalue weighted by molar-refractivity contribution is 4.73. The molecule has 1 N–H and O–H groups in total. The Bertz CT molecular complexity index is 154. The summed E-state index contributed by atoms with van der Waals surface area (Å²) in [6.45, 7) is 9.33. The molecule has 1 nitrogen and oxygen atoms in total. The molecule has 0 aromatic heterocycles. The Hall–Kier alpha value is -0.0400. The van der Waals surface area contributed by atoms with Crippen LogP contribution >= 0.6 is 0 Å². The molecule has 2 unspecified atom stereocenters. The van der Waals surface area contributed by atoms with Crippen LogP contribution in [0.3, 0.4) is 0 Å². The van der Waals surface area contributed by atoms with E-state index in [0.717, 1.165) is 11.8 Å². The van der Waals surface area contributed by atoms with Crippen LogP contribution in [0, 0.1) is 11.8 Å². The largest absolute Gasteiger partial charge is 0.317 e. The van der Waals surface area contributed by atoms with Gasteiger partial charge in [0.2, 0.25) is 0 Å². The van der Waals surface area contributed by atoms with Crippen molar-refractivity contribution in [1.29, 1.82) is 0 Å². The van der Waals surface area contributed by atoms with E-state index >= 15 is 0 Å². The summed E-state index contributed by atoms with van der Waals surface area (Å²) in [6, 6.07) is 0.662. The van der Waals surface area contributed by atoms with Crippen LogP contribution in [0.5, 0.6) is 0 Å². The molecule has 0 aromatic carbocycles. The van der Waals surface area contributed by atoms with Crippen LogP contribution in [0.1, 0.15) is 79.1 Å². The lowest BCUT2D eigenvalue weighted by Crippen LogP contribution is -2.33. The van der Waals surface area contributed by atoms with Crippen LogP contribution < -0.4 is 5.32 Å². The van der Waals surface area contributed by atoms with E-state index in [0.29, 0.717) is 6.04 Å². The van der Waals surface area contributed by atoms with Crippen LogP contribution in [0.4, 0.5) is 0 Å². The van der Waals surface area contributed by atoms with Crippen molar-refractivity contribution in [2.75, 3.05) is 7.05 Å². The van der Waals surface area contributed by atoms with Gasteiger partial charge in [-0.15, -0.1) is 0 Å². The zero-order chi connectivity index (χ0) is 13.1. The van der Waals surface area contributed by atoms with Crippen LogP contribution in [0.15, 0.2) is 0 Å². The fourth-order valence-electron chi connectivity index (χ4n) is 2.71. The van der Waals surface area contributed by atoms with Crippen molar-refractivity contribution >= 4 is 0 Å². The molecule has 0 aromatic rings. The average molecular weight is 241 g/mol. The van der Waals surface area contributed by atoms with Gasteiger partial charge in [0.25, 0.3) is 0 Å². The van der Waals surface area contributed by atoms with Crippen LogP contribution in [-0.4, -0.2) is 13.1 Å². The Morgan fingerprint density at radius 2 is 1.35 bits per heavy atom. The van der Waals surface area contributed by atoms with Gasteiger partial charge in [-0.1, -0.05) is 65.7 Å². The van der Waals surface area contributed by atoms with E-state index < -0.39 is 0 Å². The summed E-state index contributed by atoms with van der Waals surface area (Å²) in [5, 5.41) is 3.42. The zero-order valence-corrected chi connectivity index (χ0v) is 12.9. The second-order valence-corrected chi connectivity index (χ2v) is 5.90. The van der Waals surface area contributed by atoms with Gasteiger partial charge in [-0.3, -0.25) is 0 Å². The summed E-state index contributed by atoms with van der Waals surface area (Å²) in [7, 11) is 2.09. The van der Waals surface area contributed by atoms with Crippen molar-refractivity contribution in [1.82, 2.24) is 5.32 Å². The quantitative estimate of drug-likeness (QED) is 0.502. The van der Waals surface area contributed by atoms with Crippen LogP contribution in [0.2, 0.25) is 0 Å². The first-order valence-corrected chi connectivity index (χ1v) is 7.80. The fraction of sp³-hybridized carbons (Fsp3) is 1.00. The lowest BCUT2D eigenvalue weighted by Gasteiger charge is -2.27. The molecule has 0 aliphatic rings. The molecule has 2 atom stereocenters. The van der Waals surface area contributed by atoms with E-state index in [1.54, 1.807) is 0 Å². The minimum absolute atomic E-state index is 0.662. The maximum atomic E-state index is 3.42. The molecule has 1 heteroatoms. The highest BCUT2D eigenvalue weighted by Crippen LogP contribution is 2.22. The van der Waals surface area contributed by atoms with Crippen molar-refractivity contribution < 1.29 is 0 Å². The highest BCUT2D eigenvalue weighted by atomic mass is 14.9. The monoisotopic (exact) mass is 241 g/mol. The Morgan fingerprint density at radius 1 is 0.824 bits per heavy atom. The first kappa shape index (κ1) is 17.0. The predicted octanol–water partition coefficient (Wildman–Crippen LogP) is 5.01. The Balaban J connectivity index is 3.55. The molecule has 0 saturated heterocycles. The molecular weight excluding hydrogens is 206 g/mol. The van der Waals surface area contributed by atoms with Gasteiger partial charge in [0.1, 0.15) is 0 Å². The van der Waals surface area contributed by atoms with Crippen molar-refractivity contribution in [3.63, 3.8) is 0 Å². The predicted molar refractivity (Wildman–Crippen MR) is 79.5 cm³/mol. The fourth-order valence-corrected chi connectivity index (χ4v) is 2.71. The third-order valence-electron chi connectivity index (χ3n) is 4.09. The summed E-state index contributed by atoms with van der Waals surface area (Å²) in [5.74, 6) is 1.65. The Labute approximate surface area is 110 Å². The molecule has 0 aliphatic carbocycles. The average Bonchev–Trinajstić information content (AvgIpc) is 2.31. The van der Waals surface area contributed by atoms with Gasteiger partial charge in [-0.05, 0) is 32.2 Å². The topological polar surface area (TPSA) is 12.0 Å². The zero-order valence-electron chi connectivity index (χ0n) is 12.9. The number of hydrogen-bond acceptors (Lipinski definition) is 1. The molecule has 0 spiro atoms. The molecule has 0 fully saturated rings. The molecule has 0 saturated carbocycles. The van der Waals surface area contributed by atoms with E-state index in [1.807, 2.05) is 0 Å². The smallest absolute Gasteiger partial charge is 0.00664 e. The van der Waals surface area contributed by atoms with E-state index in [9.17, 15) is 0 Å². The molecule has 0 aliphatic heterocycles. The highest BCUT2D eigenvalue weighted by Gasteiger charge is 2.18. The third kappa shape index (κ3) is 8.65. The molecular formula is C16H35N. The summed E-state index contributed by atoms with van der Waals surface area (Å²) in [6.07, 6.45) is 11.4. The molecule has 0 bridgehead atoms. The van der Waals surface area contributed by atoms with Gasteiger partial charge in [0.05, 0.1) is 0 Å². The van der Waals surface area contributed by atoms with Gasteiger partial charge < -0.3 is 5.32 Å². The maximum absolute atomic E-state index is 3.42. The second-order valence-electron chi connectivity index (χ2n) is 5.90. The van der Waals surface area contributed by atoms with E-state index in [4.69, 9.17) is 0 Å². The van der Waals surface area contributed by atoms with E-state index in [2.05, 4.69) is 40.1 Å². The van der Waals surface area contributed by atoms with Gasteiger partial charge in [0, 0.05) is 6.04 Å². The maximum Gasteiger partial charge on any atom is 0.00664 e. The Kier molecular flexibility index (Phi) is 11.0. The van der Waals surface area contributed by atoms with Gasteiger partial charge >= 0.3 is 0 Å². The minimum atomic E-state index is 0.662. The summed E-state index contributed by atoms with van der Waals surface area (Å²) >= 11 is 0. The lowest BCUT2D eigenvalue weighted by molar-refractivity contribution is 0.275. The summed E-state index contributed by atoms with van der Waals surface area (Å²) < 4.78 is 0. The minimum Gasteiger partial charge on any atom is -0.317 e. The van der Waals surface area contributed by atoms with Crippen LogP contribution in [-0.2, 0) is 0 Å². The summed E-state index contributed by atoms with van der Waals surface area (Å²) in [4.78, 5) is 0. The van der Waals surface area contributed by atoms with Gasteiger partial charge in [-0.25, -0.2) is 0 Å².